The van der Waals surface area contributed by atoms with Crippen LogP contribution in [0.5, 0.6) is 0 Å². The summed E-state index contributed by atoms with van der Waals surface area (Å²) in [7, 11) is 0. The predicted octanol–water partition coefficient (Wildman–Crippen LogP) is 2.59. The van der Waals surface area contributed by atoms with Crippen LogP contribution in [0.2, 0.25) is 0 Å². The second-order valence-electron chi connectivity index (χ2n) is 6.49. The topological polar surface area (TPSA) is 92.3 Å². The highest BCUT2D eigenvalue weighted by molar-refractivity contribution is 5.88. The van der Waals surface area contributed by atoms with Crippen molar-refractivity contribution >= 4 is 17.7 Å². The van der Waals surface area contributed by atoms with E-state index < -0.39 is 23.9 Å². The third-order valence-corrected chi connectivity index (χ3v) is 4.62. The Labute approximate surface area is 158 Å². The Morgan fingerprint density at radius 1 is 1.21 bits per heavy atom. The fraction of sp³-hybridized carbons (Fsp3) is 0.412. The molecule has 0 spiro atoms. The number of amides is 1. The van der Waals surface area contributed by atoms with Gasteiger partial charge in [-0.05, 0) is 19.1 Å². The van der Waals surface area contributed by atoms with E-state index >= 15 is 0 Å². The Balaban J connectivity index is 1.86. The summed E-state index contributed by atoms with van der Waals surface area (Å²) in [4.78, 5) is 25.9. The molecule has 4 heterocycles. The smallest absolute Gasteiger partial charge is 0.416 e. The normalized spacial score (nSPS) is 19.6. The van der Waals surface area contributed by atoms with E-state index in [4.69, 9.17) is 4.74 Å². The molecule has 8 nitrogen and oxygen atoms in total. The number of hydrogen-bond acceptors (Lipinski definition) is 7. The first-order valence-corrected chi connectivity index (χ1v) is 8.71. The van der Waals surface area contributed by atoms with Crippen LogP contribution in [0.4, 0.5) is 29.6 Å². The van der Waals surface area contributed by atoms with E-state index in [1.807, 2.05) is 0 Å². The molecule has 0 unspecified atom stereocenters. The van der Waals surface area contributed by atoms with Crippen molar-refractivity contribution in [1.82, 2.24) is 20.3 Å². The number of carbonyl (C=O) groups excluding carboxylic acids is 1. The van der Waals surface area contributed by atoms with Crippen molar-refractivity contribution in [2.45, 2.75) is 19.2 Å². The summed E-state index contributed by atoms with van der Waals surface area (Å²) in [6, 6.07) is 2.00. The Morgan fingerprint density at radius 2 is 1.96 bits per heavy atom. The fourth-order valence-corrected chi connectivity index (χ4v) is 3.29. The van der Waals surface area contributed by atoms with Crippen molar-refractivity contribution in [3.63, 3.8) is 0 Å². The Morgan fingerprint density at radius 3 is 2.68 bits per heavy atom. The minimum atomic E-state index is -4.54. The number of cyclic esters (lactones) is 1. The summed E-state index contributed by atoms with van der Waals surface area (Å²) >= 11 is 0. The molecule has 1 saturated heterocycles. The molecule has 2 aliphatic heterocycles. The molecule has 28 heavy (non-hydrogen) atoms. The van der Waals surface area contributed by atoms with E-state index in [0.29, 0.717) is 31.7 Å². The van der Waals surface area contributed by atoms with Gasteiger partial charge in [-0.15, -0.1) is 0 Å². The molecule has 0 bridgehead atoms. The van der Waals surface area contributed by atoms with Crippen LogP contribution < -0.4 is 15.5 Å². The molecule has 2 N–H and O–H groups in total. The van der Waals surface area contributed by atoms with Crippen LogP contribution in [-0.2, 0) is 10.9 Å². The molecule has 1 atom stereocenters. The first kappa shape index (κ1) is 18.4. The SMILES string of the molecule is C[C@H]1OC(=O)Nc2ncnc(-c3cc(C(F)(F)F)cc(N4CCNCC4)n3)c21. The van der Waals surface area contributed by atoms with E-state index in [-0.39, 0.29) is 23.0 Å². The number of carbonyl (C=O) groups is 1. The summed E-state index contributed by atoms with van der Waals surface area (Å²) in [6.45, 7) is 4.02. The van der Waals surface area contributed by atoms with Crippen LogP contribution in [0.1, 0.15) is 24.2 Å². The van der Waals surface area contributed by atoms with Crippen molar-refractivity contribution < 1.29 is 22.7 Å². The fourth-order valence-electron chi connectivity index (χ4n) is 3.29. The summed E-state index contributed by atoms with van der Waals surface area (Å²) < 4.78 is 45.7. The number of nitrogens with zero attached hydrogens (tertiary/aromatic N) is 4. The number of piperazine rings is 1. The molecule has 1 amide bonds. The Hall–Kier alpha value is -2.95. The highest BCUT2D eigenvalue weighted by atomic mass is 19.4. The molecule has 148 valence electrons. The van der Waals surface area contributed by atoms with E-state index in [9.17, 15) is 18.0 Å². The summed E-state index contributed by atoms with van der Waals surface area (Å²) in [5.41, 5.74) is -0.180. The highest BCUT2D eigenvalue weighted by Crippen LogP contribution is 2.38. The number of rotatable bonds is 2. The zero-order valence-corrected chi connectivity index (χ0v) is 14.9. The minimum Gasteiger partial charge on any atom is -0.441 e. The van der Waals surface area contributed by atoms with E-state index in [1.165, 1.54) is 6.33 Å². The van der Waals surface area contributed by atoms with Gasteiger partial charge in [0.1, 0.15) is 29.8 Å². The number of hydrogen-bond donors (Lipinski definition) is 2. The van der Waals surface area contributed by atoms with Gasteiger partial charge in [0, 0.05) is 26.2 Å². The van der Waals surface area contributed by atoms with Gasteiger partial charge < -0.3 is 15.0 Å². The van der Waals surface area contributed by atoms with Crippen LogP contribution in [0.15, 0.2) is 18.5 Å². The van der Waals surface area contributed by atoms with Gasteiger partial charge in [-0.1, -0.05) is 0 Å². The maximum absolute atomic E-state index is 13.5. The van der Waals surface area contributed by atoms with Crippen LogP contribution in [0.25, 0.3) is 11.4 Å². The number of anilines is 2. The zero-order chi connectivity index (χ0) is 19.9. The van der Waals surface area contributed by atoms with Gasteiger partial charge in [0.15, 0.2) is 0 Å². The van der Waals surface area contributed by atoms with Crippen LogP contribution in [-0.4, -0.2) is 47.2 Å². The lowest BCUT2D eigenvalue weighted by Crippen LogP contribution is -2.44. The highest BCUT2D eigenvalue weighted by Gasteiger charge is 2.34. The number of alkyl halides is 3. The number of nitrogens with one attached hydrogen (secondary N) is 2. The van der Waals surface area contributed by atoms with Crippen molar-refractivity contribution in [1.29, 1.82) is 0 Å². The molecule has 0 radical (unpaired) electrons. The van der Waals surface area contributed by atoms with E-state index in [2.05, 4.69) is 25.6 Å². The maximum Gasteiger partial charge on any atom is 0.416 e. The quantitative estimate of drug-likeness (QED) is 0.809. The third kappa shape index (κ3) is 3.44. The summed E-state index contributed by atoms with van der Waals surface area (Å²) in [5.74, 6) is 0.434. The number of halogens is 3. The second-order valence-corrected chi connectivity index (χ2v) is 6.49. The van der Waals surface area contributed by atoms with E-state index in [0.717, 1.165) is 12.1 Å². The zero-order valence-electron chi connectivity index (χ0n) is 14.9. The average Bonchev–Trinajstić information content (AvgIpc) is 2.67. The van der Waals surface area contributed by atoms with E-state index in [1.54, 1.807) is 11.8 Å². The van der Waals surface area contributed by atoms with Gasteiger partial charge in [0.05, 0.1) is 16.8 Å². The van der Waals surface area contributed by atoms with Gasteiger partial charge in [0.25, 0.3) is 0 Å². The molecular formula is C17H17F3N6O2. The molecule has 0 saturated carbocycles. The molecule has 0 aromatic carbocycles. The first-order chi connectivity index (χ1) is 13.3. The number of fused-ring (bicyclic) bond motifs is 1. The molecule has 1 fully saturated rings. The molecule has 11 heteroatoms. The first-order valence-electron chi connectivity index (χ1n) is 8.71. The van der Waals surface area contributed by atoms with Crippen LogP contribution >= 0.6 is 0 Å². The molecule has 4 rings (SSSR count). The third-order valence-electron chi connectivity index (χ3n) is 4.62. The monoisotopic (exact) mass is 394 g/mol. The molecule has 2 aliphatic rings. The second kappa shape index (κ2) is 6.89. The molecule has 2 aromatic rings. The van der Waals surface area contributed by atoms with Crippen LogP contribution in [0, 0.1) is 0 Å². The van der Waals surface area contributed by atoms with Gasteiger partial charge in [-0.25, -0.2) is 19.7 Å². The lowest BCUT2D eigenvalue weighted by atomic mass is 10.0. The molecular weight excluding hydrogens is 377 g/mol. The standard InChI is InChI=1S/C17H17F3N6O2/c1-9-13-14(22-8-23-15(13)25-16(27)28-9)11-6-10(17(18,19)20)7-12(24-11)26-4-2-21-3-5-26/h6-9,21H,2-5H2,1H3,(H,22,23,25,27)/t9-/m1/s1. The largest absolute Gasteiger partial charge is 0.441 e. The lowest BCUT2D eigenvalue weighted by Gasteiger charge is -2.29. The minimum absolute atomic E-state index is 0.0496. The average molecular weight is 394 g/mol. The Kier molecular flexibility index (Phi) is 4.53. The van der Waals surface area contributed by atoms with Gasteiger partial charge >= 0.3 is 12.3 Å². The van der Waals surface area contributed by atoms with Crippen LogP contribution in [0.3, 0.4) is 0 Å². The van der Waals surface area contributed by atoms with Crippen molar-refractivity contribution in [3.8, 4) is 11.4 Å². The molecule has 0 aliphatic carbocycles. The van der Waals surface area contributed by atoms with Crippen molar-refractivity contribution in [2.24, 2.45) is 0 Å². The van der Waals surface area contributed by atoms with Gasteiger partial charge in [0.2, 0.25) is 0 Å². The summed E-state index contributed by atoms with van der Waals surface area (Å²) in [5, 5.41) is 5.60. The summed E-state index contributed by atoms with van der Waals surface area (Å²) in [6.07, 6.45) is -4.76. The number of aromatic nitrogens is 3. The molecule has 2 aromatic heterocycles. The van der Waals surface area contributed by atoms with Gasteiger partial charge in [-0.3, -0.25) is 5.32 Å². The van der Waals surface area contributed by atoms with Gasteiger partial charge in [-0.2, -0.15) is 13.2 Å². The lowest BCUT2D eigenvalue weighted by molar-refractivity contribution is -0.137. The maximum atomic E-state index is 13.5. The Bertz CT molecular complexity index is 914. The number of pyridine rings is 1. The predicted molar refractivity (Wildman–Crippen MR) is 93.9 cm³/mol. The van der Waals surface area contributed by atoms with Crippen molar-refractivity contribution in [2.75, 3.05) is 36.4 Å². The number of ether oxygens (including phenoxy) is 1. The van der Waals surface area contributed by atoms with Crippen molar-refractivity contribution in [3.05, 3.63) is 29.6 Å².